The first-order valence-electron chi connectivity index (χ1n) is 6.11. The number of hydrogen-bond acceptors (Lipinski definition) is 4. The van der Waals surface area contributed by atoms with Crippen molar-refractivity contribution in [3.63, 3.8) is 0 Å². The zero-order chi connectivity index (χ0) is 14.4. The van der Waals surface area contributed by atoms with E-state index in [9.17, 15) is 9.59 Å². The standard InChI is InChI=1S/C16H14O4/c1-19-15-10-6-5-9-13(15)14(17)11-20-16(18)12-7-3-2-4-8-12/h2-10H,11H2,1H3. The molecule has 0 aromatic heterocycles. The molecule has 2 aromatic carbocycles. The maximum absolute atomic E-state index is 12.0. The van der Waals surface area contributed by atoms with Gasteiger partial charge in [-0.2, -0.15) is 0 Å². The van der Waals surface area contributed by atoms with Crippen LogP contribution in [0.2, 0.25) is 0 Å². The van der Waals surface area contributed by atoms with E-state index < -0.39 is 5.97 Å². The van der Waals surface area contributed by atoms with E-state index in [4.69, 9.17) is 9.47 Å². The molecule has 0 fully saturated rings. The van der Waals surface area contributed by atoms with E-state index in [2.05, 4.69) is 0 Å². The largest absolute Gasteiger partial charge is 0.496 e. The van der Waals surface area contributed by atoms with Crippen LogP contribution in [0.3, 0.4) is 0 Å². The summed E-state index contributed by atoms with van der Waals surface area (Å²) in [7, 11) is 1.49. The van der Waals surface area contributed by atoms with Gasteiger partial charge in [0.25, 0.3) is 0 Å². The van der Waals surface area contributed by atoms with Gasteiger partial charge in [-0.15, -0.1) is 0 Å². The van der Waals surface area contributed by atoms with Crippen LogP contribution < -0.4 is 4.74 Å². The summed E-state index contributed by atoms with van der Waals surface area (Å²) in [6.07, 6.45) is 0. The van der Waals surface area contributed by atoms with Crippen molar-refractivity contribution in [2.45, 2.75) is 0 Å². The molecule has 0 heterocycles. The maximum atomic E-state index is 12.0. The summed E-state index contributed by atoms with van der Waals surface area (Å²) in [6, 6.07) is 15.4. The van der Waals surface area contributed by atoms with Crippen LogP contribution >= 0.6 is 0 Å². The third-order valence-electron chi connectivity index (χ3n) is 2.75. The van der Waals surface area contributed by atoms with Gasteiger partial charge in [0.1, 0.15) is 5.75 Å². The highest BCUT2D eigenvalue weighted by Gasteiger charge is 2.14. The Morgan fingerprint density at radius 2 is 1.60 bits per heavy atom. The fourth-order valence-corrected chi connectivity index (χ4v) is 1.74. The van der Waals surface area contributed by atoms with Crippen molar-refractivity contribution in [3.05, 3.63) is 65.7 Å². The Hall–Kier alpha value is -2.62. The molecule has 0 radical (unpaired) electrons. The lowest BCUT2D eigenvalue weighted by atomic mass is 10.1. The molecule has 0 spiro atoms. The second-order valence-electron chi connectivity index (χ2n) is 4.07. The van der Waals surface area contributed by atoms with Crippen LogP contribution in [0.1, 0.15) is 20.7 Å². The lowest BCUT2D eigenvalue weighted by molar-refractivity contribution is 0.0474. The van der Waals surface area contributed by atoms with Gasteiger partial charge < -0.3 is 9.47 Å². The van der Waals surface area contributed by atoms with E-state index in [0.29, 0.717) is 16.9 Å². The van der Waals surface area contributed by atoms with Gasteiger partial charge in [0.15, 0.2) is 6.61 Å². The molecule has 2 rings (SSSR count). The number of hydrogen-bond donors (Lipinski definition) is 0. The number of Topliss-reactive ketones (excluding diaryl/α,β-unsaturated/α-hetero) is 1. The van der Waals surface area contributed by atoms with Crippen LogP contribution in [-0.2, 0) is 4.74 Å². The zero-order valence-corrected chi connectivity index (χ0v) is 11.0. The van der Waals surface area contributed by atoms with Gasteiger partial charge in [0, 0.05) is 0 Å². The van der Waals surface area contributed by atoms with Crippen molar-refractivity contribution in [2.75, 3.05) is 13.7 Å². The number of benzene rings is 2. The first-order valence-corrected chi connectivity index (χ1v) is 6.11. The van der Waals surface area contributed by atoms with Crippen LogP contribution in [-0.4, -0.2) is 25.5 Å². The van der Waals surface area contributed by atoms with Crippen LogP contribution in [0.25, 0.3) is 0 Å². The van der Waals surface area contributed by atoms with Crippen LogP contribution in [0.4, 0.5) is 0 Å². The number of carbonyl (C=O) groups is 2. The molecular weight excluding hydrogens is 256 g/mol. The Labute approximate surface area is 116 Å². The number of ether oxygens (including phenoxy) is 2. The zero-order valence-electron chi connectivity index (χ0n) is 11.0. The van der Waals surface area contributed by atoms with Gasteiger partial charge in [-0.3, -0.25) is 4.79 Å². The second-order valence-corrected chi connectivity index (χ2v) is 4.07. The van der Waals surface area contributed by atoms with E-state index >= 15 is 0 Å². The number of para-hydroxylation sites is 1. The molecule has 0 aliphatic heterocycles. The highest BCUT2D eigenvalue weighted by atomic mass is 16.5. The average molecular weight is 270 g/mol. The quantitative estimate of drug-likeness (QED) is 0.619. The van der Waals surface area contributed by atoms with Gasteiger partial charge in [0.2, 0.25) is 5.78 Å². The van der Waals surface area contributed by atoms with Crippen molar-refractivity contribution in [3.8, 4) is 5.75 Å². The predicted molar refractivity (Wildman–Crippen MR) is 74.0 cm³/mol. The Bertz CT molecular complexity index is 605. The summed E-state index contributed by atoms with van der Waals surface area (Å²) >= 11 is 0. The molecule has 0 amide bonds. The van der Waals surface area contributed by atoms with Crippen molar-refractivity contribution in [1.82, 2.24) is 0 Å². The van der Waals surface area contributed by atoms with E-state index in [1.54, 1.807) is 54.6 Å². The van der Waals surface area contributed by atoms with E-state index in [1.165, 1.54) is 7.11 Å². The number of methoxy groups -OCH3 is 1. The van der Waals surface area contributed by atoms with Gasteiger partial charge in [-0.05, 0) is 24.3 Å². The van der Waals surface area contributed by atoms with Gasteiger partial charge in [-0.25, -0.2) is 4.79 Å². The minimum absolute atomic E-state index is 0.299. The second kappa shape index (κ2) is 6.52. The van der Waals surface area contributed by atoms with E-state index in [-0.39, 0.29) is 12.4 Å². The van der Waals surface area contributed by atoms with Crippen LogP contribution in [0, 0.1) is 0 Å². The molecule has 4 heteroatoms. The molecule has 20 heavy (non-hydrogen) atoms. The number of carbonyl (C=O) groups excluding carboxylic acids is 2. The third-order valence-corrected chi connectivity index (χ3v) is 2.75. The lowest BCUT2D eigenvalue weighted by Gasteiger charge is -2.08. The molecule has 102 valence electrons. The highest BCUT2D eigenvalue weighted by Crippen LogP contribution is 2.18. The first-order chi connectivity index (χ1) is 9.72. The Morgan fingerprint density at radius 3 is 2.30 bits per heavy atom. The Kier molecular flexibility index (Phi) is 4.50. The molecule has 0 N–H and O–H groups in total. The monoisotopic (exact) mass is 270 g/mol. The minimum Gasteiger partial charge on any atom is -0.496 e. The summed E-state index contributed by atoms with van der Waals surface area (Å²) in [5.41, 5.74) is 0.816. The molecule has 0 saturated carbocycles. The van der Waals surface area contributed by atoms with Crippen LogP contribution in [0.5, 0.6) is 5.75 Å². The Morgan fingerprint density at radius 1 is 0.950 bits per heavy atom. The third kappa shape index (κ3) is 3.23. The number of rotatable bonds is 5. The van der Waals surface area contributed by atoms with Crippen LogP contribution in [0.15, 0.2) is 54.6 Å². The Balaban J connectivity index is 2.01. The SMILES string of the molecule is COc1ccccc1C(=O)COC(=O)c1ccccc1. The molecular formula is C16H14O4. The molecule has 4 nitrogen and oxygen atoms in total. The van der Waals surface area contributed by atoms with Gasteiger partial charge >= 0.3 is 5.97 Å². The molecule has 2 aromatic rings. The normalized spacial score (nSPS) is 9.85. The van der Waals surface area contributed by atoms with Gasteiger partial charge in [-0.1, -0.05) is 30.3 Å². The fraction of sp³-hybridized carbons (Fsp3) is 0.125. The van der Waals surface area contributed by atoms with Crippen molar-refractivity contribution >= 4 is 11.8 Å². The lowest BCUT2D eigenvalue weighted by Crippen LogP contribution is -2.14. The summed E-state index contributed by atoms with van der Waals surface area (Å²) < 4.78 is 10.1. The van der Waals surface area contributed by atoms with Crippen molar-refractivity contribution in [1.29, 1.82) is 0 Å². The predicted octanol–water partition coefficient (Wildman–Crippen LogP) is 2.73. The maximum Gasteiger partial charge on any atom is 0.338 e. The topological polar surface area (TPSA) is 52.6 Å². The molecule has 0 aliphatic rings. The molecule has 0 unspecified atom stereocenters. The number of esters is 1. The minimum atomic E-state index is -0.520. The summed E-state index contributed by atoms with van der Waals surface area (Å²) in [4.78, 5) is 23.7. The summed E-state index contributed by atoms with van der Waals surface area (Å²) in [6.45, 7) is -0.311. The highest BCUT2D eigenvalue weighted by molar-refractivity contribution is 6.01. The van der Waals surface area contributed by atoms with Crippen molar-refractivity contribution in [2.24, 2.45) is 0 Å². The molecule has 0 aliphatic carbocycles. The fourth-order valence-electron chi connectivity index (χ4n) is 1.74. The van der Waals surface area contributed by atoms with Gasteiger partial charge in [0.05, 0.1) is 18.2 Å². The summed E-state index contributed by atoms with van der Waals surface area (Å²) in [5, 5.41) is 0. The molecule has 0 saturated heterocycles. The molecule has 0 atom stereocenters. The van der Waals surface area contributed by atoms with E-state index in [1.807, 2.05) is 0 Å². The first kappa shape index (κ1) is 13.8. The molecule has 0 bridgehead atoms. The average Bonchev–Trinajstić information content (AvgIpc) is 2.53. The smallest absolute Gasteiger partial charge is 0.338 e. The van der Waals surface area contributed by atoms with E-state index in [0.717, 1.165) is 0 Å². The van der Waals surface area contributed by atoms with Crippen molar-refractivity contribution < 1.29 is 19.1 Å². The summed E-state index contributed by atoms with van der Waals surface area (Å²) in [5.74, 6) is -0.353. The number of ketones is 1.